The number of nitrogens with one attached hydrogen (secondary N) is 1. The minimum Gasteiger partial charge on any atom is -0.489 e. The van der Waals surface area contributed by atoms with Crippen LogP contribution in [-0.4, -0.2) is 17.1 Å². The Labute approximate surface area is 124 Å². The van der Waals surface area contributed by atoms with E-state index in [2.05, 4.69) is 10.5 Å². The van der Waals surface area contributed by atoms with Gasteiger partial charge in [-0.1, -0.05) is 17.3 Å². The second-order valence-electron chi connectivity index (χ2n) is 5.30. The van der Waals surface area contributed by atoms with Crippen LogP contribution in [0.15, 0.2) is 28.8 Å². The average Bonchev–Trinajstić information content (AvgIpc) is 2.77. The van der Waals surface area contributed by atoms with E-state index in [0.717, 1.165) is 11.3 Å². The predicted octanol–water partition coefficient (Wildman–Crippen LogP) is 3.01. The van der Waals surface area contributed by atoms with E-state index in [-0.39, 0.29) is 24.2 Å². The molecule has 21 heavy (non-hydrogen) atoms. The van der Waals surface area contributed by atoms with Crippen LogP contribution < -0.4 is 10.1 Å². The van der Waals surface area contributed by atoms with Gasteiger partial charge < -0.3 is 14.6 Å². The highest BCUT2D eigenvalue weighted by molar-refractivity contribution is 5.93. The second kappa shape index (κ2) is 6.43. The first-order valence-corrected chi connectivity index (χ1v) is 6.93. The lowest BCUT2D eigenvalue weighted by molar-refractivity contribution is 0.0932. The van der Waals surface area contributed by atoms with Crippen molar-refractivity contribution in [1.82, 2.24) is 10.5 Å². The van der Waals surface area contributed by atoms with Crippen LogP contribution in [0.25, 0.3) is 0 Å². The number of carbonyl (C=O) groups is 1. The summed E-state index contributed by atoms with van der Waals surface area (Å²) in [5.74, 6) is 1.10. The lowest BCUT2D eigenvalue weighted by atomic mass is 10.2. The highest BCUT2D eigenvalue weighted by Gasteiger charge is 2.20. The fraction of sp³-hybridized carbons (Fsp3) is 0.375. The van der Waals surface area contributed by atoms with Crippen LogP contribution in [0.1, 0.15) is 41.2 Å². The lowest BCUT2D eigenvalue weighted by Crippen LogP contribution is -2.31. The Morgan fingerprint density at radius 1 is 1.38 bits per heavy atom. The summed E-state index contributed by atoms with van der Waals surface area (Å²) in [5.41, 5.74) is 2.08. The van der Waals surface area contributed by atoms with Gasteiger partial charge in [0.2, 0.25) is 0 Å². The monoisotopic (exact) mass is 288 g/mol. The number of benzene rings is 1. The van der Waals surface area contributed by atoms with E-state index in [4.69, 9.17) is 9.26 Å². The van der Waals surface area contributed by atoms with Crippen molar-refractivity contribution in [2.75, 3.05) is 0 Å². The van der Waals surface area contributed by atoms with Gasteiger partial charge in [0, 0.05) is 6.04 Å². The van der Waals surface area contributed by atoms with Crippen LogP contribution in [0.2, 0.25) is 0 Å². The summed E-state index contributed by atoms with van der Waals surface area (Å²) < 4.78 is 10.8. The largest absolute Gasteiger partial charge is 0.489 e. The molecule has 1 aromatic heterocycles. The molecule has 0 fully saturated rings. The number of hydrogen-bond donors (Lipinski definition) is 1. The number of rotatable bonds is 5. The maximum atomic E-state index is 12.1. The highest BCUT2D eigenvalue weighted by Crippen LogP contribution is 2.18. The summed E-state index contributed by atoms with van der Waals surface area (Å²) in [6.07, 6.45) is 0. The Hall–Kier alpha value is -2.30. The maximum absolute atomic E-state index is 12.1. The van der Waals surface area contributed by atoms with E-state index in [1.54, 1.807) is 6.92 Å². The van der Waals surface area contributed by atoms with Gasteiger partial charge in [-0.25, -0.2) is 0 Å². The third-order valence-electron chi connectivity index (χ3n) is 2.99. The standard InChI is InChI=1S/C16H20N2O3/c1-10(2)17-16(19)15-14(12(4)21-18-15)9-20-13-7-5-6-11(3)8-13/h5-8,10H,9H2,1-4H3,(H,17,19). The Morgan fingerprint density at radius 2 is 2.14 bits per heavy atom. The van der Waals surface area contributed by atoms with Crippen molar-refractivity contribution in [3.63, 3.8) is 0 Å². The van der Waals surface area contributed by atoms with Gasteiger partial charge in [-0.3, -0.25) is 4.79 Å². The smallest absolute Gasteiger partial charge is 0.274 e. The van der Waals surface area contributed by atoms with Crippen LogP contribution >= 0.6 is 0 Å². The Morgan fingerprint density at radius 3 is 2.81 bits per heavy atom. The van der Waals surface area contributed by atoms with Crippen LogP contribution in [0.3, 0.4) is 0 Å². The molecule has 0 aliphatic carbocycles. The first kappa shape index (κ1) is 15.1. The number of hydrogen-bond acceptors (Lipinski definition) is 4. The molecule has 2 rings (SSSR count). The third-order valence-corrected chi connectivity index (χ3v) is 2.99. The van der Waals surface area contributed by atoms with E-state index < -0.39 is 0 Å². The van der Waals surface area contributed by atoms with Crippen molar-refractivity contribution in [3.05, 3.63) is 46.8 Å². The first-order chi connectivity index (χ1) is 9.97. The zero-order chi connectivity index (χ0) is 15.4. The Kier molecular flexibility index (Phi) is 4.62. The molecule has 0 radical (unpaired) electrons. The molecule has 0 bridgehead atoms. The fourth-order valence-corrected chi connectivity index (χ4v) is 1.93. The highest BCUT2D eigenvalue weighted by atomic mass is 16.5. The van der Waals surface area contributed by atoms with Crippen LogP contribution in [0, 0.1) is 13.8 Å². The lowest BCUT2D eigenvalue weighted by Gasteiger charge is -2.09. The van der Waals surface area contributed by atoms with Gasteiger partial charge in [-0.05, 0) is 45.4 Å². The summed E-state index contributed by atoms with van der Waals surface area (Å²) in [7, 11) is 0. The van der Waals surface area contributed by atoms with Crippen molar-refractivity contribution in [3.8, 4) is 5.75 Å². The molecule has 1 aromatic carbocycles. The van der Waals surface area contributed by atoms with Crippen molar-refractivity contribution < 1.29 is 14.1 Å². The van der Waals surface area contributed by atoms with Crippen molar-refractivity contribution >= 4 is 5.91 Å². The quantitative estimate of drug-likeness (QED) is 0.918. The molecule has 5 nitrogen and oxygen atoms in total. The number of aromatic nitrogens is 1. The molecule has 2 aromatic rings. The summed E-state index contributed by atoms with van der Waals surface area (Å²) in [6, 6.07) is 7.79. The first-order valence-electron chi connectivity index (χ1n) is 6.93. The molecule has 0 unspecified atom stereocenters. The minimum atomic E-state index is -0.246. The van der Waals surface area contributed by atoms with Gasteiger partial charge in [-0.2, -0.15) is 0 Å². The molecule has 0 atom stereocenters. The Bertz CT molecular complexity index is 632. The summed E-state index contributed by atoms with van der Waals surface area (Å²) in [6.45, 7) is 7.81. The minimum absolute atomic E-state index is 0.0417. The molecule has 0 saturated heterocycles. The molecule has 0 aliphatic heterocycles. The number of amides is 1. The molecule has 1 heterocycles. The fourth-order valence-electron chi connectivity index (χ4n) is 1.93. The number of aryl methyl sites for hydroxylation is 2. The normalized spacial score (nSPS) is 10.7. The van der Waals surface area contributed by atoms with E-state index in [1.807, 2.05) is 45.0 Å². The van der Waals surface area contributed by atoms with E-state index >= 15 is 0 Å². The van der Waals surface area contributed by atoms with E-state index in [0.29, 0.717) is 11.3 Å². The number of nitrogens with zero attached hydrogens (tertiary/aromatic N) is 1. The summed E-state index contributed by atoms with van der Waals surface area (Å²) >= 11 is 0. The summed E-state index contributed by atoms with van der Waals surface area (Å²) in [4.78, 5) is 12.1. The zero-order valence-corrected chi connectivity index (χ0v) is 12.8. The molecule has 5 heteroatoms. The zero-order valence-electron chi connectivity index (χ0n) is 12.8. The van der Waals surface area contributed by atoms with Gasteiger partial charge in [0.25, 0.3) is 5.91 Å². The Balaban J connectivity index is 2.13. The molecule has 112 valence electrons. The van der Waals surface area contributed by atoms with Gasteiger partial charge in [0.15, 0.2) is 5.69 Å². The van der Waals surface area contributed by atoms with Gasteiger partial charge in [0.1, 0.15) is 18.1 Å². The SMILES string of the molecule is Cc1cccc(OCc2c(C(=O)NC(C)C)noc2C)c1. The predicted molar refractivity (Wildman–Crippen MR) is 79.4 cm³/mol. The summed E-state index contributed by atoms with van der Waals surface area (Å²) in [5, 5.41) is 6.63. The van der Waals surface area contributed by atoms with Crippen LogP contribution in [0.5, 0.6) is 5.75 Å². The molecule has 1 amide bonds. The number of ether oxygens (including phenoxy) is 1. The maximum Gasteiger partial charge on any atom is 0.274 e. The van der Waals surface area contributed by atoms with Crippen LogP contribution in [-0.2, 0) is 6.61 Å². The van der Waals surface area contributed by atoms with E-state index in [1.165, 1.54) is 0 Å². The van der Waals surface area contributed by atoms with Crippen molar-refractivity contribution in [2.24, 2.45) is 0 Å². The number of carbonyl (C=O) groups excluding carboxylic acids is 1. The van der Waals surface area contributed by atoms with E-state index in [9.17, 15) is 4.79 Å². The molecule has 0 aliphatic rings. The molecule has 1 N–H and O–H groups in total. The van der Waals surface area contributed by atoms with Crippen molar-refractivity contribution in [2.45, 2.75) is 40.3 Å². The molecular formula is C16H20N2O3. The topological polar surface area (TPSA) is 64.4 Å². The third kappa shape index (κ3) is 3.84. The second-order valence-corrected chi connectivity index (χ2v) is 5.30. The van der Waals surface area contributed by atoms with Gasteiger partial charge in [0.05, 0.1) is 5.56 Å². The van der Waals surface area contributed by atoms with Crippen LogP contribution in [0.4, 0.5) is 0 Å². The van der Waals surface area contributed by atoms with Crippen molar-refractivity contribution in [1.29, 1.82) is 0 Å². The van der Waals surface area contributed by atoms with Gasteiger partial charge >= 0.3 is 0 Å². The average molecular weight is 288 g/mol. The van der Waals surface area contributed by atoms with Gasteiger partial charge in [-0.15, -0.1) is 0 Å². The molecular weight excluding hydrogens is 268 g/mol. The molecule has 0 saturated carbocycles. The molecule has 0 spiro atoms.